The predicted octanol–water partition coefficient (Wildman–Crippen LogP) is 1.59. The number of amides is 2. The highest BCUT2D eigenvalue weighted by atomic mass is 16.5. The highest BCUT2D eigenvalue weighted by Gasteiger charge is 2.43. The van der Waals surface area contributed by atoms with Gasteiger partial charge in [0.2, 0.25) is 0 Å². The second kappa shape index (κ2) is 7.21. The van der Waals surface area contributed by atoms with E-state index in [1.165, 1.54) is 4.90 Å². The first-order valence-corrected chi connectivity index (χ1v) is 9.27. The highest BCUT2D eigenvalue weighted by Crippen LogP contribution is 2.33. The Balaban J connectivity index is 1.70. The van der Waals surface area contributed by atoms with Gasteiger partial charge in [0.05, 0.1) is 31.4 Å². The minimum Gasteiger partial charge on any atom is -0.378 e. The molecule has 0 aromatic heterocycles. The number of morpholine rings is 1. The zero-order chi connectivity index (χ0) is 18.1. The molecular formula is C20H24N2O4. The second-order valence-electron chi connectivity index (χ2n) is 7.04. The van der Waals surface area contributed by atoms with E-state index in [9.17, 15) is 9.59 Å². The first kappa shape index (κ1) is 17.2. The van der Waals surface area contributed by atoms with Gasteiger partial charge in [0.1, 0.15) is 5.70 Å². The number of hydrogen-bond donors (Lipinski definition) is 0. The van der Waals surface area contributed by atoms with Crippen molar-refractivity contribution in [3.05, 3.63) is 41.1 Å². The largest absolute Gasteiger partial charge is 0.378 e. The Hall–Kier alpha value is -2.18. The molecule has 0 N–H and O–H groups in total. The molecule has 3 aliphatic rings. The summed E-state index contributed by atoms with van der Waals surface area (Å²) in [6, 6.07) is 7.79. The van der Waals surface area contributed by atoms with Crippen molar-refractivity contribution < 1.29 is 19.1 Å². The number of ether oxygens (including phenoxy) is 2. The van der Waals surface area contributed by atoms with E-state index in [2.05, 4.69) is 0 Å². The van der Waals surface area contributed by atoms with Gasteiger partial charge in [-0.2, -0.15) is 0 Å². The molecule has 1 aromatic carbocycles. The quantitative estimate of drug-likeness (QED) is 0.767. The van der Waals surface area contributed by atoms with Crippen molar-refractivity contribution in [1.29, 1.82) is 0 Å². The van der Waals surface area contributed by atoms with E-state index < -0.39 is 0 Å². The van der Waals surface area contributed by atoms with E-state index in [-0.39, 0.29) is 17.9 Å². The third kappa shape index (κ3) is 3.15. The Morgan fingerprint density at radius 2 is 1.77 bits per heavy atom. The van der Waals surface area contributed by atoms with Crippen LogP contribution < -0.4 is 0 Å². The molecule has 4 rings (SSSR count). The fourth-order valence-electron chi connectivity index (χ4n) is 3.78. The van der Waals surface area contributed by atoms with E-state index in [0.717, 1.165) is 24.0 Å². The molecule has 0 saturated carbocycles. The van der Waals surface area contributed by atoms with Crippen LogP contribution >= 0.6 is 0 Å². The lowest BCUT2D eigenvalue weighted by Crippen LogP contribution is -2.42. The summed E-state index contributed by atoms with van der Waals surface area (Å²) in [6.07, 6.45) is 1.82. The SMILES string of the molecule is Cc1ccc(C2=C(N3CCOCC3)C(=O)N(CC3CCCO3)C2=O)cc1. The lowest BCUT2D eigenvalue weighted by molar-refractivity contribution is -0.139. The number of hydrogen-bond acceptors (Lipinski definition) is 5. The summed E-state index contributed by atoms with van der Waals surface area (Å²) in [6.45, 7) is 5.42. The third-order valence-electron chi connectivity index (χ3n) is 5.22. The van der Waals surface area contributed by atoms with Crippen LogP contribution in [0, 0.1) is 6.92 Å². The molecule has 26 heavy (non-hydrogen) atoms. The number of carbonyl (C=O) groups is 2. The Morgan fingerprint density at radius 1 is 1.04 bits per heavy atom. The fourth-order valence-corrected chi connectivity index (χ4v) is 3.78. The Labute approximate surface area is 153 Å². The maximum absolute atomic E-state index is 13.2. The van der Waals surface area contributed by atoms with E-state index in [1.807, 2.05) is 36.1 Å². The molecule has 0 spiro atoms. The van der Waals surface area contributed by atoms with Crippen LogP contribution in [0.25, 0.3) is 5.57 Å². The molecule has 1 atom stereocenters. The summed E-state index contributed by atoms with van der Waals surface area (Å²) in [5, 5.41) is 0. The lowest BCUT2D eigenvalue weighted by atomic mass is 10.0. The number of rotatable bonds is 4. The summed E-state index contributed by atoms with van der Waals surface area (Å²) in [5.41, 5.74) is 2.94. The van der Waals surface area contributed by atoms with Crippen LogP contribution in [-0.4, -0.2) is 67.2 Å². The minimum atomic E-state index is -0.212. The van der Waals surface area contributed by atoms with Crippen LogP contribution in [-0.2, 0) is 19.1 Å². The topological polar surface area (TPSA) is 59.1 Å². The van der Waals surface area contributed by atoms with Gasteiger partial charge in [-0.3, -0.25) is 14.5 Å². The molecule has 3 aliphatic heterocycles. The smallest absolute Gasteiger partial charge is 0.277 e. The summed E-state index contributed by atoms with van der Waals surface area (Å²) in [5.74, 6) is -0.418. The van der Waals surface area contributed by atoms with Crippen LogP contribution in [0.2, 0.25) is 0 Å². The van der Waals surface area contributed by atoms with E-state index >= 15 is 0 Å². The van der Waals surface area contributed by atoms with Gasteiger partial charge in [-0.15, -0.1) is 0 Å². The maximum atomic E-state index is 13.2. The van der Waals surface area contributed by atoms with Crippen LogP contribution in [0.4, 0.5) is 0 Å². The molecule has 0 aliphatic carbocycles. The Bertz CT molecular complexity index is 729. The molecule has 2 saturated heterocycles. The molecule has 6 heteroatoms. The van der Waals surface area contributed by atoms with E-state index in [0.29, 0.717) is 50.7 Å². The lowest BCUT2D eigenvalue weighted by Gasteiger charge is -2.30. The van der Waals surface area contributed by atoms with E-state index in [1.54, 1.807) is 0 Å². The minimum absolute atomic E-state index is 0.0498. The summed E-state index contributed by atoms with van der Waals surface area (Å²) >= 11 is 0. The second-order valence-corrected chi connectivity index (χ2v) is 7.04. The van der Waals surface area contributed by atoms with Crippen molar-refractivity contribution in [1.82, 2.24) is 9.80 Å². The van der Waals surface area contributed by atoms with Crippen molar-refractivity contribution in [3.63, 3.8) is 0 Å². The molecule has 0 radical (unpaired) electrons. The van der Waals surface area contributed by atoms with Crippen LogP contribution in [0.3, 0.4) is 0 Å². The molecule has 0 bridgehead atoms. The summed E-state index contributed by atoms with van der Waals surface area (Å²) in [7, 11) is 0. The number of benzene rings is 1. The predicted molar refractivity (Wildman–Crippen MR) is 96.2 cm³/mol. The molecular weight excluding hydrogens is 332 g/mol. The summed E-state index contributed by atoms with van der Waals surface area (Å²) in [4.78, 5) is 29.7. The zero-order valence-corrected chi connectivity index (χ0v) is 15.1. The molecule has 2 fully saturated rings. The Morgan fingerprint density at radius 3 is 2.42 bits per heavy atom. The number of aryl methyl sites for hydroxylation is 1. The van der Waals surface area contributed by atoms with Crippen LogP contribution in [0.5, 0.6) is 0 Å². The molecule has 1 aromatic rings. The average molecular weight is 356 g/mol. The number of imide groups is 1. The molecule has 3 heterocycles. The van der Waals surface area contributed by atoms with Gasteiger partial charge in [0, 0.05) is 19.7 Å². The maximum Gasteiger partial charge on any atom is 0.277 e. The Kier molecular flexibility index (Phi) is 4.78. The molecule has 2 amide bonds. The van der Waals surface area contributed by atoms with Crippen LogP contribution in [0.15, 0.2) is 30.0 Å². The van der Waals surface area contributed by atoms with Gasteiger partial charge in [-0.25, -0.2) is 0 Å². The normalized spacial score (nSPS) is 24.1. The third-order valence-corrected chi connectivity index (χ3v) is 5.22. The first-order valence-electron chi connectivity index (χ1n) is 9.27. The fraction of sp³-hybridized carbons (Fsp3) is 0.500. The molecule has 138 valence electrons. The highest BCUT2D eigenvalue weighted by molar-refractivity contribution is 6.35. The number of carbonyl (C=O) groups excluding carboxylic acids is 2. The molecule has 1 unspecified atom stereocenters. The standard InChI is InChI=1S/C20H24N2O4/c1-14-4-6-15(7-5-14)17-18(21-8-11-25-12-9-21)20(24)22(19(17)23)13-16-3-2-10-26-16/h4-7,16H,2-3,8-13H2,1H3. The van der Waals surface area contributed by atoms with Gasteiger partial charge in [0.25, 0.3) is 11.8 Å². The summed E-state index contributed by atoms with van der Waals surface area (Å²) < 4.78 is 11.1. The van der Waals surface area contributed by atoms with Crippen molar-refractivity contribution >= 4 is 17.4 Å². The van der Waals surface area contributed by atoms with Crippen molar-refractivity contribution in [2.45, 2.75) is 25.9 Å². The zero-order valence-electron chi connectivity index (χ0n) is 15.1. The monoisotopic (exact) mass is 356 g/mol. The number of nitrogens with zero attached hydrogens (tertiary/aromatic N) is 2. The van der Waals surface area contributed by atoms with Crippen molar-refractivity contribution in [3.8, 4) is 0 Å². The van der Waals surface area contributed by atoms with Crippen LogP contribution in [0.1, 0.15) is 24.0 Å². The van der Waals surface area contributed by atoms with Gasteiger partial charge >= 0.3 is 0 Å². The first-order chi connectivity index (χ1) is 12.6. The molecule has 6 nitrogen and oxygen atoms in total. The van der Waals surface area contributed by atoms with E-state index in [4.69, 9.17) is 9.47 Å². The van der Waals surface area contributed by atoms with Crippen molar-refractivity contribution in [2.75, 3.05) is 39.5 Å². The van der Waals surface area contributed by atoms with Crippen molar-refractivity contribution in [2.24, 2.45) is 0 Å². The van der Waals surface area contributed by atoms with Gasteiger partial charge in [0.15, 0.2) is 0 Å². The van der Waals surface area contributed by atoms with Gasteiger partial charge < -0.3 is 14.4 Å². The van der Waals surface area contributed by atoms with Gasteiger partial charge in [-0.1, -0.05) is 29.8 Å². The van der Waals surface area contributed by atoms with Gasteiger partial charge in [-0.05, 0) is 25.3 Å². The average Bonchev–Trinajstić information content (AvgIpc) is 3.25.